The van der Waals surface area contributed by atoms with Crippen LogP contribution >= 0.6 is 0 Å². The molecule has 0 aromatic carbocycles. The molecule has 0 bridgehead atoms. The van der Waals surface area contributed by atoms with Gasteiger partial charge in [0.05, 0.1) is 24.8 Å². The summed E-state index contributed by atoms with van der Waals surface area (Å²) in [6.07, 6.45) is 1.20. The summed E-state index contributed by atoms with van der Waals surface area (Å²) in [5.74, 6) is 0. The summed E-state index contributed by atoms with van der Waals surface area (Å²) in [6.45, 7) is 13.7. The lowest BCUT2D eigenvalue weighted by molar-refractivity contribution is -0.0197. The van der Waals surface area contributed by atoms with Gasteiger partial charge in [0.25, 0.3) is 0 Å². The van der Waals surface area contributed by atoms with Crippen LogP contribution < -0.4 is 10.0 Å². The smallest absolute Gasteiger partial charge is 0.407 e. The monoisotopic (exact) mass is 348 g/mol. The molecule has 0 aromatic heterocycles. The van der Waals surface area contributed by atoms with Crippen LogP contribution in [0.3, 0.4) is 0 Å². The zero-order chi connectivity index (χ0) is 17.8. The maximum absolute atomic E-state index is 12.1. The molecule has 6 nitrogen and oxygen atoms in total. The van der Waals surface area contributed by atoms with Gasteiger partial charge < -0.3 is 19.3 Å². The molecule has 1 fully saturated rings. The molecule has 2 N–H and O–H groups in total. The van der Waals surface area contributed by atoms with Gasteiger partial charge in [-0.1, -0.05) is 0 Å². The fourth-order valence-corrected chi connectivity index (χ4v) is 3.02. The molecule has 0 aliphatic carbocycles. The topological polar surface area (TPSA) is 82.7 Å². The van der Waals surface area contributed by atoms with Crippen molar-refractivity contribution in [1.29, 1.82) is 0 Å². The van der Waals surface area contributed by atoms with Gasteiger partial charge in [-0.25, -0.2) is 4.79 Å². The number of nitrogens with one attached hydrogen (secondary N) is 2. The van der Waals surface area contributed by atoms with Gasteiger partial charge >= 0.3 is 6.09 Å². The Morgan fingerprint density at radius 3 is 2.30 bits per heavy atom. The summed E-state index contributed by atoms with van der Waals surface area (Å²) in [6, 6.07) is -0.0426. The first-order valence-electron chi connectivity index (χ1n) is 8.17. The first kappa shape index (κ1) is 20.5. The SMILES string of the molecule is CC(N[S@+]([O-])C(C)(C)C)[C@@H]1CC[C@@H](NC(=O)OC(C)(C)C)CO1. The zero-order valence-electron chi connectivity index (χ0n) is 15.4. The molecule has 1 amide bonds. The number of rotatable bonds is 4. The molecule has 23 heavy (non-hydrogen) atoms. The Balaban J connectivity index is 2.36. The third-order valence-electron chi connectivity index (χ3n) is 3.44. The van der Waals surface area contributed by atoms with E-state index in [2.05, 4.69) is 10.0 Å². The van der Waals surface area contributed by atoms with E-state index in [1.54, 1.807) is 0 Å². The lowest BCUT2D eigenvalue weighted by atomic mass is 10.0. The van der Waals surface area contributed by atoms with E-state index >= 15 is 0 Å². The van der Waals surface area contributed by atoms with Crippen molar-refractivity contribution in [3.05, 3.63) is 0 Å². The van der Waals surface area contributed by atoms with Crippen molar-refractivity contribution >= 4 is 17.5 Å². The molecule has 1 saturated heterocycles. The second kappa shape index (κ2) is 8.05. The molecule has 0 saturated carbocycles. The maximum atomic E-state index is 12.1. The molecule has 1 aliphatic heterocycles. The predicted octanol–water partition coefficient (Wildman–Crippen LogP) is 2.50. The summed E-state index contributed by atoms with van der Waals surface area (Å²) >= 11 is -1.12. The minimum atomic E-state index is -1.12. The Kier molecular flexibility index (Phi) is 7.19. The second-order valence-electron chi connectivity index (χ2n) is 8.08. The Labute approximate surface area is 143 Å². The summed E-state index contributed by atoms with van der Waals surface area (Å²) < 4.78 is 26.0. The van der Waals surface area contributed by atoms with Crippen molar-refractivity contribution in [2.24, 2.45) is 0 Å². The minimum absolute atomic E-state index is 0.00186. The fraction of sp³-hybridized carbons (Fsp3) is 0.938. The largest absolute Gasteiger partial charge is 0.598 e. The Morgan fingerprint density at radius 1 is 1.26 bits per heavy atom. The molecule has 0 radical (unpaired) electrons. The predicted molar refractivity (Wildman–Crippen MR) is 92.6 cm³/mol. The van der Waals surface area contributed by atoms with Gasteiger partial charge in [-0.3, -0.25) is 0 Å². The minimum Gasteiger partial charge on any atom is -0.598 e. The first-order chi connectivity index (χ1) is 10.4. The highest BCUT2D eigenvalue weighted by Gasteiger charge is 2.33. The Bertz CT molecular complexity index is 385. The fourth-order valence-electron chi connectivity index (χ4n) is 2.18. The highest BCUT2D eigenvalue weighted by molar-refractivity contribution is 7.90. The summed E-state index contributed by atoms with van der Waals surface area (Å²) in [5, 5.41) is 2.83. The third-order valence-corrected chi connectivity index (χ3v) is 5.14. The summed E-state index contributed by atoms with van der Waals surface area (Å²) in [7, 11) is 0. The van der Waals surface area contributed by atoms with Gasteiger partial charge in [0.1, 0.15) is 10.3 Å². The zero-order valence-corrected chi connectivity index (χ0v) is 16.2. The molecule has 1 aliphatic rings. The molecule has 4 atom stereocenters. The number of ether oxygens (including phenoxy) is 2. The van der Waals surface area contributed by atoms with Gasteiger partial charge in [-0.05, 0) is 61.3 Å². The van der Waals surface area contributed by atoms with Crippen LogP contribution in [0.25, 0.3) is 0 Å². The van der Waals surface area contributed by atoms with Gasteiger partial charge in [0.15, 0.2) is 0 Å². The van der Waals surface area contributed by atoms with Crippen LogP contribution in [0.5, 0.6) is 0 Å². The molecule has 1 rings (SSSR count). The van der Waals surface area contributed by atoms with Gasteiger partial charge in [-0.2, -0.15) is 0 Å². The van der Waals surface area contributed by atoms with Crippen molar-refractivity contribution in [2.75, 3.05) is 6.61 Å². The Morgan fingerprint density at radius 2 is 1.87 bits per heavy atom. The van der Waals surface area contributed by atoms with Crippen LogP contribution in [0.4, 0.5) is 4.79 Å². The van der Waals surface area contributed by atoms with Crippen LogP contribution in [0, 0.1) is 0 Å². The molecular weight excluding hydrogens is 316 g/mol. The standard InChI is InChI=1S/C16H32N2O4S/c1-11(18-23(20)16(5,6)7)13-9-8-12(10-21-13)17-14(19)22-15(2,3)4/h11-13,18H,8-10H2,1-7H3,(H,17,19)/t11?,12-,13+,23-/m1/s1. The van der Waals surface area contributed by atoms with Crippen LogP contribution in [0.2, 0.25) is 0 Å². The van der Waals surface area contributed by atoms with Crippen molar-refractivity contribution in [1.82, 2.24) is 10.0 Å². The molecule has 1 heterocycles. The van der Waals surface area contributed by atoms with Crippen molar-refractivity contribution in [3.8, 4) is 0 Å². The van der Waals surface area contributed by atoms with E-state index in [9.17, 15) is 9.35 Å². The van der Waals surface area contributed by atoms with E-state index in [4.69, 9.17) is 9.47 Å². The van der Waals surface area contributed by atoms with E-state index in [0.29, 0.717) is 6.61 Å². The lowest BCUT2D eigenvalue weighted by Gasteiger charge is -2.35. The number of hydrogen-bond donors (Lipinski definition) is 2. The highest BCUT2D eigenvalue weighted by Crippen LogP contribution is 2.20. The van der Waals surface area contributed by atoms with Crippen LogP contribution in [-0.4, -0.2) is 45.8 Å². The van der Waals surface area contributed by atoms with E-state index in [-0.39, 0.29) is 22.9 Å². The highest BCUT2D eigenvalue weighted by atomic mass is 32.2. The first-order valence-corrected chi connectivity index (χ1v) is 9.32. The van der Waals surface area contributed by atoms with Crippen molar-refractivity contribution in [2.45, 2.75) is 89.8 Å². The summed E-state index contributed by atoms with van der Waals surface area (Å²) in [5.41, 5.74) is -0.502. The molecule has 7 heteroatoms. The molecule has 0 aromatic rings. The van der Waals surface area contributed by atoms with E-state index in [1.807, 2.05) is 48.5 Å². The normalized spacial score (nSPS) is 25.6. The van der Waals surface area contributed by atoms with E-state index in [0.717, 1.165) is 12.8 Å². The van der Waals surface area contributed by atoms with Crippen molar-refractivity contribution in [3.63, 3.8) is 0 Å². The van der Waals surface area contributed by atoms with Gasteiger partial charge in [-0.15, -0.1) is 4.72 Å². The average molecular weight is 349 g/mol. The lowest BCUT2D eigenvalue weighted by Crippen LogP contribution is -2.52. The third kappa shape index (κ3) is 7.74. The number of carbonyl (C=O) groups is 1. The van der Waals surface area contributed by atoms with Crippen LogP contribution in [-0.2, 0) is 20.8 Å². The average Bonchev–Trinajstić information content (AvgIpc) is 2.35. The quantitative estimate of drug-likeness (QED) is 0.763. The maximum Gasteiger partial charge on any atom is 0.407 e. The van der Waals surface area contributed by atoms with Gasteiger partial charge in [0, 0.05) is 11.4 Å². The molecular formula is C16H32N2O4S. The van der Waals surface area contributed by atoms with Crippen LogP contribution in [0.1, 0.15) is 61.3 Å². The molecule has 136 valence electrons. The van der Waals surface area contributed by atoms with Crippen molar-refractivity contribution < 1.29 is 18.8 Å². The van der Waals surface area contributed by atoms with E-state index in [1.165, 1.54) is 0 Å². The second-order valence-corrected chi connectivity index (χ2v) is 10.1. The number of alkyl carbamates (subject to hydrolysis) is 1. The molecule has 1 unspecified atom stereocenters. The van der Waals surface area contributed by atoms with Crippen LogP contribution in [0.15, 0.2) is 0 Å². The Hall–Kier alpha value is -0.500. The number of amides is 1. The molecule has 0 spiro atoms. The van der Waals surface area contributed by atoms with E-state index < -0.39 is 23.1 Å². The summed E-state index contributed by atoms with van der Waals surface area (Å²) in [4.78, 5) is 11.8. The number of carbonyl (C=O) groups excluding carboxylic acids is 1. The number of hydrogen-bond acceptors (Lipinski definition) is 5. The van der Waals surface area contributed by atoms with Gasteiger partial charge in [0.2, 0.25) is 0 Å².